The van der Waals surface area contributed by atoms with Crippen molar-refractivity contribution in [1.82, 2.24) is 15.0 Å². The molecule has 0 aromatic carbocycles. The molecule has 2 aromatic rings. The number of nitrogens with zero attached hydrogens (tertiary/aromatic N) is 3. The molecule has 21 heavy (non-hydrogen) atoms. The Bertz CT molecular complexity index is 758. The van der Waals surface area contributed by atoms with E-state index in [1.54, 1.807) is 12.3 Å². The topological polar surface area (TPSA) is 123 Å². The zero-order valence-corrected chi connectivity index (χ0v) is 11.2. The third-order valence-corrected chi connectivity index (χ3v) is 3.09. The summed E-state index contributed by atoms with van der Waals surface area (Å²) < 4.78 is 0. The summed E-state index contributed by atoms with van der Waals surface area (Å²) in [6.45, 7) is 1.99. The number of carbonyl (C=O) groups excluding carboxylic acids is 2. The van der Waals surface area contributed by atoms with Crippen molar-refractivity contribution < 1.29 is 9.59 Å². The molecule has 0 bridgehead atoms. The molecule has 1 aliphatic rings. The maximum atomic E-state index is 11.2. The fourth-order valence-electron chi connectivity index (χ4n) is 2.03. The number of anilines is 2. The van der Waals surface area contributed by atoms with E-state index in [1.165, 1.54) is 6.20 Å². The van der Waals surface area contributed by atoms with Crippen LogP contribution in [0.5, 0.6) is 0 Å². The Kier molecular flexibility index (Phi) is 2.98. The van der Waals surface area contributed by atoms with Gasteiger partial charge in [-0.1, -0.05) is 0 Å². The molecule has 4 N–H and O–H groups in total. The van der Waals surface area contributed by atoms with E-state index in [1.807, 2.05) is 6.92 Å². The number of pyridine rings is 1. The predicted molar refractivity (Wildman–Crippen MR) is 75.6 cm³/mol. The van der Waals surface area contributed by atoms with Crippen LogP contribution < -0.4 is 16.4 Å². The molecule has 0 radical (unpaired) electrons. The van der Waals surface area contributed by atoms with E-state index in [9.17, 15) is 9.59 Å². The third-order valence-electron chi connectivity index (χ3n) is 3.09. The normalized spacial score (nSPS) is 13.1. The van der Waals surface area contributed by atoms with E-state index in [0.29, 0.717) is 17.3 Å². The first-order valence-electron chi connectivity index (χ1n) is 6.22. The highest BCUT2D eigenvalue weighted by Crippen LogP contribution is 2.26. The molecular formula is C13H12N6O2. The van der Waals surface area contributed by atoms with Crippen molar-refractivity contribution in [1.29, 1.82) is 0 Å². The van der Waals surface area contributed by atoms with Gasteiger partial charge in [0.25, 0.3) is 5.91 Å². The Hall–Kier alpha value is -3.03. The fraction of sp³-hybridized carbons (Fsp3) is 0.154. The van der Waals surface area contributed by atoms with Gasteiger partial charge in [0.2, 0.25) is 5.91 Å². The van der Waals surface area contributed by atoms with Crippen molar-refractivity contribution in [2.45, 2.75) is 6.92 Å². The van der Waals surface area contributed by atoms with Gasteiger partial charge in [-0.25, -0.2) is 9.97 Å². The molecule has 0 unspecified atom stereocenters. The predicted octanol–water partition coefficient (Wildman–Crippen LogP) is 0.310. The number of aromatic nitrogens is 3. The summed E-state index contributed by atoms with van der Waals surface area (Å²) in [6, 6.07) is 1.61. The molecule has 2 amide bonds. The Labute approximate surface area is 119 Å². The SMILES string of the molecule is Cc1cc(C(N)=O)ncc1-c1cnc2c(n1)NCC(=O)N2. The highest BCUT2D eigenvalue weighted by atomic mass is 16.2. The number of hydrogen-bond acceptors (Lipinski definition) is 6. The molecule has 8 nitrogen and oxygen atoms in total. The quantitative estimate of drug-likeness (QED) is 0.729. The number of carbonyl (C=O) groups is 2. The molecule has 3 rings (SSSR count). The third kappa shape index (κ3) is 2.38. The number of fused-ring (bicyclic) bond motifs is 1. The standard InChI is InChI=1S/C13H12N6O2/c1-6-2-8(11(14)21)15-3-7(6)9-4-16-13-12(18-9)17-5-10(20)19-13/h2-4H,5H2,1H3,(H2,14,21)(H,17,18)(H,16,19,20). The first kappa shape index (κ1) is 13.0. The molecule has 0 spiro atoms. The maximum absolute atomic E-state index is 11.2. The second-order valence-corrected chi connectivity index (χ2v) is 4.60. The lowest BCUT2D eigenvalue weighted by Gasteiger charge is -2.17. The number of primary amides is 1. The van der Waals surface area contributed by atoms with Gasteiger partial charge in [-0.15, -0.1) is 0 Å². The summed E-state index contributed by atoms with van der Waals surface area (Å²) in [5, 5.41) is 5.52. The number of nitrogens with one attached hydrogen (secondary N) is 2. The van der Waals surface area contributed by atoms with E-state index >= 15 is 0 Å². The average Bonchev–Trinajstić information content (AvgIpc) is 2.46. The average molecular weight is 284 g/mol. The van der Waals surface area contributed by atoms with Crippen LogP contribution in [-0.2, 0) is 4.79 Å². The molecule has 2 aromatic heterocycles. The van der Waals surface area contributed by atoms with Crippen molar-refractivity contribution in [3.05, 3.63) is 29.7 Å². The van der Waals surface area contributed by atoms with Gasteiger partial charge in [0, 0.05) is 11.8 Å². The molecule has 0 saturated heterocycles. The van der Waals surface area contributed by atoms with Crippen molar-refractivity contribution in [2.24, 2.45) is 5.73 Å². The van der Waals surface area contributed by atoms with Crippen LogP contribution in [-0.4, -0.2) is 33.3 Å². The zero-order chi connectivity index (χ0) is 15.0. The highest BCUT2D eigenvalue weighted by Gasteiger charge is 2.18. The van der Waals surface area contributed by atoms with Gasteiger partial charge in [-0.05, 0) is 18.6 Å². The van der Waals surface area contributed by atoms with Crippen LogP contribution in [0.3, 0.4) is 0 Å². The van der Waals surface area contributed by atoms with Gasteiger partial charge in [-0.2, -0.15) is 0 Å². The van der Waals surface area contributed by atoms with Gasteiger partial charge < -0.3 is 16.4 Å². The van der Waals surface area contributed by atoms with Gasteiger partial charge in [0.15, 0.2) is 11.6 Å². The second kappa shape index (κ2) is 4.82. The number of hydrogen-bond donors (Lipinski definition) is 3. The first-order valence-corrected chi connectivity index (χ1v) is 6.22. The summed E-state index contributed by atoms with van der Waals surface area (Å²) in [6.07, 6.45) is 3.08. The van der Waals surface area contributed by atoms with E-state index < -0.39 is 5.91 Å². The summed E-state index contributed by atoms with van der Waals surface area (Å²) in [7, 11) is 0. The van der Waals surface area contributed by atoms with Crippen LogP contribution in [0.15, 0.2) is 18.5 Å². The van der Waals surface area contributed by atoms with Crippen LogP contribution in [0.4, 0.5) is 11.6 Å². The van der Waals surface area contributed by atoms with Crippen LogP contribution in [0, 0.1) is 6.92 Å². The van der Waals surface area contributed by atoms with E-state index in [4.69, 9.17) is 5.73 Å². The van der Waals surface area contributed by atoms with Gasteiger partial charge in [-0.3, -0.25) is 14.6 Å². The zero-order valence-electron chi connectivity index (χ0n) is 11.2. The molecular weight excluding hydrogens is 272 g/mol. The van der Waals surface area contributed by atoms with Crippen LogP contribution in [0.25, 0.3) is 11.3 Å². The summed E-state index contributed by atoms with van der Waals surface area (Å²) in [5.74, 6) is 0.165. The minimum absolute atomic E-state index is 0.156. The number of aryl methyl sites for hydroxylation is 1. The maximum Gasteiger partial charge on any atom is 0.267 e. The van der Waals surface area contributed by atoms with Crippen molar-refractivity contribution >= 4 is 23.5 Å². The fourth-order valence-corrected chi connectivity index (χ4v) is 2.03. The molecule has 3 heterocycles. The molecule has 106 valence electrons. The lowest BCUT2D eigenvalue weighted by molar-refractivity contribution is -0.114. The summed E-state index contributed by atoms with van der Waals surface area (Å²) >= 11 is 0. The van der Waals surface area contributed by atoms with E-state index in [-0.39, 0.29) is 18.1 Å². The molecule has 0 saturated carbocycles. The lowest BCUT2D eigenvalue weighted by atomic mass is 10.1. The van der Waals surface area contributed by atoms with Crippen LogP contribution in [0.2, 0.25) is 0 Å². The van der Waals surface area contributed by atoms with E-state index in [2.05, 4.69) is 25.6 Å². The number of nitrogens with two attached hydrogens (primary N) is 1. The molecule has 8 heteroatoms. The molecule has 0 fully saturated rings. The van der Waals surface area contributed by atoms with E-state index in [0.717, 1.165) is 11.1 Å². The first-order chi connectivity index (χ1) is 10.0. The highest BCUT2D eigenvalue weighted by molar-refractivity contribution is 5.98. The van der Waals surface area contributed by atoms with Crippen LogP contribution in [0.1, 0.15) is 16.1 Å². The molecule has 1 aliphatic heterocycles. The summed E-state index contributed by atoms with van der Waals surface area (Å²) in [5.41, 5.74) is 7.55. The summed E-state index contributed by atoms with van der Waals surface area (Å²) in [4.78, 5) is 34.9. The Morgan fingerprint density at radius 3 is 2.81 bits per heavy atom. The Balaban J connectivity index is 2.01. The van der Waals surface area contributed by atoms with Crippen molar-refractivity contribution in [3.63, 3.8) is 0 Å². The largest absolute Gasteiger partial charge is 0.364 e. The van der Waals surface area contributed by atoms with Gasteiger partial charge >= 0.3 is 0 Å². The van der Waals surface area contributed by atoms with Gasteiger partial charge in [0.1, 0.15) is 5.69 Å². The smallest absolute Gasteiger partial charge is 0.267 e. The van der Waals surface area contributed by atoms with Crippen molar-refractivity contribution in [3.8, 4) is 11.3 Å². The minimum Gasteiger partial charge on any atom is -0.364 e. The van der Waals surface area contributed by atoms with Crippen LogP contribution >= 0.6 is 0 Å². The second-order valence-electron chi connectivity index (χ2n) is 4.60. The molecule has 0 aliphatic carbocycles. The molecule has 0 atom stereocenters. The van der Waals surface area contributed by atoms with Crippen molar-refractivity contribution in [2.75, 3.05) is 17.2 Å². The monoisotopic (exact) mass is 284 g/mol. The Morgan fingerprint density at radius 1 is 1.29 bits per heavy atom. The Morgan fingerprint density at radius 2 is 2.10 bits per heavy atom. The minimum atomic E-state index is -0.578. The van der Waals surface area contributed by atoms with Gasteiger partial charge in [0.05, 0.1) is 18.4 Å². The number of rotatable bonds is 2. The number of amides is 2. The lowest BCUT2D eigenvalue weighted by Crippen LogP contribution is -2.28.